The van der Waals surface area contributed by atoms with E-state index < -0.39 is 5.82 Å². The minimum Gasteiger partial charge on any atom is -0.494 e. The van der Waals surface area contributed by atoms with Gasteiger partial charge < -0.3 is 25.4 Å². The van der Waals surface area contributed by atoms with Gasteiger partial charge in [-0.2, -0.15) is 0 Å². The Hall–Kier alpha value is -3.29. The standard InChI is InChI=1S/C22H29FN4O3/c1-5-25-21(28)14-30-18-8-6-7-16(11-18)13-26-22(24-3)27-15(2)17-9-10-20(29-4)19(23)12-17/h6-12,15H,5,13-14H2,1-4H3,(H,25,28)(H2,24,26,27). The summed E-state index contributed by atoms with van der Waals surface area (Å²) in [5.41, 5.74) is 1.74. The first-order chi connectivity index (χ1) is 14.5. The molecule has 0 fully saturated rings. The fourth-order valence-electron chi connectivity index (χ4n) is 2.76. The summed E-state index contributed by atoms with van der Waals surface area (Å²) in [6.07, 6.45) is 0. The van der Waals surface area contributed by atoms with Crippen molar-refractivity contribution >= 4 is 11.9 Å². The van der Waals surface area contributed by atoms with Crippen LogP contribution in [0.5, 0.6) is 11.5 Å². The van der Waals surface area contributed by atoms with Crippen LogP contribution in [0.2, 0.25) is 0 Å². The maximum atomic E-state index is 14.0. The van der Waals surface area contributed by atoms with Crippen LogP contribution in [-0.2, 0) is 11.3 Å². The Morgan fingerprint density at radius 1 is 1.20 bits per heavy atom. The zero-order valence-corrected chi connectivity index (χ0v) is 17.8. The van der Waals surface area contributed by atoms with Crippen LogP contribution in [0.15, 0.2) is 47.5 Å². The molecule has 0 aliphatic rings. The summed E-state index contributed by atoms with van der Waals surface area (Å²) in [4.78, 5) is 15.7. The summed E-state index contributed by atoms with van der Waals surface area (Å²) in [5, 5.41) is 9.14. The van der Waals surface area contributed by atoms with Gasteiger partial charge in [-0.05, 0) is 49.2 Å². The van der Waals surface area contributed by atoms with Crippen molar-refractivity contribution in [2.75, 3.05) is 27.3 Å². The van der Waals surface area contributed by atoms with Gasteiger partial charge in [0.2, 0.25) is 0 Å². The molecule has 0 radical (unpaired) electrons. The van der Waals surface area contributed by atoms with E-state index in [0.29, 0.717) is 24.8 Å². The zero-order valence-electron chi connectivity index (χ0n) is 17.8. The Labute approximate surface area is 176 Å². The monoisotopic (exact) mass is 416 g/mol. The molecule has 1 amide bonds. The van der Waals surface area contributed by atoms with E-state index in [2.05, 4.69) is 20.9 Å². The Bertz CT molecular complexity index is 873. The molecule has 30 heavy (non-hydrogen) atoms. The van der Waals surface area contributed by atoms with Crippen LogP contribution in [-0.4, -0.2) is 39.2 Å². The van der Waals surface area contributed by atoms with E-state index in [1.165, 1.54) is 13.2 Å². The third kappa shape index (κ3) is 6.95. The molecule has 1 atom stereocenters. The van der Waals surface area contributed by atoms with Gasteiger partial charge in [-0.1, -0.05) is 18.2 Å². The van der Waals surface area contributed by atoms with Gasteiger partial charge in [-0.25, -0.2) is 4.39 Å². The van der Waals surface area contributed by atoms with Crippen molar-refractivity contribution in [3.8, 4) is 11.5 Å². The van der Waals surface area contributed by atoms with Crippen molar-refractivity contribution in [3.05, 3.63) is 59.4 Å². The van der Waals surface area contributed by atoms with E-state index in [4.69, 9.17) is 9.47 Å². The smallest absolute Gasteiger partial charge is 0.257 e. The second-order valence-corrected chi connectivity index (χ2v) is 6.58. The number of benzene rings is 2. The summed E-state index contributed by atoms with van der Waals surface area (Å²) >= 11 is 0. The Kier molecular flexibility index (Phi) is 8.93. The number of methoxy groups -OCH3 is 1. The number of carbonyl (C=O) groups excluding carboxylic acids is 1. The Balaban J connectivity index is 1.91. The van der Waals surface area contributed by atoms with E-state index >= 15 is 0 Å². The molecule has 7 nitrogen and oxygen atoms in total. The molecule has 0 saturated heterocycles. The lowest BCUT2D eigenvalue weighted by molar-refractivity contribution is -0.122. The quantitative estimate of drug-likeness (QED) is 0.432. The molecule has 2 aromatic rings. The molecule has 0 saturated carbocycles. The van der Waals surface area contributed by atoms with Crippen LogP contribution in [0.1, 0.15) is 31.0 Å². The zero-order chi connectivity index (χ0) is 21.9. The van der Waals surface area contributed by atoms with Gasteiger partial charge in [0.15, 0.2) is 24.1 Å². The highest BCUT2D eigenvalue weighted by molar-refractivity contribution is 5.80. The third-order valence-electron chi connectivity index (χ3n) is 4.35. The molecule has 1 unspecified atom stereocenters. The van der Waals surface area contributed by atoms with E-state index in [1.807, 2.05) is 38.1 Å². The minimum absolute atomic E-state index is 0.0239. The first-order valence-corrected chi connectivity index (χ1v) is 9.75. The molecule has 8 heteroatoms. The fourth-order valence-corrected chi connectivity index (χ4v) is 2.76. The number of amides is 1. The summed E-state index contributed by atoms with van der Waals surface area (Å²) in [6, 6.07) is 12.2. The summed E-state index contributed by atoms with van der Waals surface area (Å²) in [6.45, 7) is 4.83. The second kappa shape index (κ2) is 11.6. The highest BCUT2D eigenvalue weighted by atomic mass is 19.1. The lowest BCUT2D eigenvalue weighted by Crippen LogP contribution is -2.38. The molecule has 2 aromatic carbocycles. The van der Waals surface area contributed by atoms with E-state index in [0.717, 1.165) is 11.1 Å². The van der Waals surface area contributed by atoms with Crippen molar-refractivity contribution in [1.29, 1.82) is 0 Å². The van der Waals surface area contributed by atoms with Gasteiger partial charge in [0, 0.05) is 20.1 Å². The van der Waals surface area contributed by atoms with Gasteiger partial charge in [-0.15, -0.1) is 0 Å². The maximum Gasteiger partial charge on any atom is 0.257 e. The van der Waals surface area contributed by atoms with Crippen LogP contribution in [0.3, 0.4) is 0 Å². The number of hydrogen-bond donors (Lipinski definition) is 3. The first-order valence-electron chi connectivity index (χ1n) is 9.75. The van der Waals surface area contributed by atoms with Crippen LogP contribution in [0.4, 0.5) is 4.39 Å². The molecular weight excluding hydrogens is 387 g/mol. The van der Waals surface area contributed by atoms with Gasteiger partial charge in [0.1, 0.15) is 5.75 Å². The van der Waals surface area contributed by atoms with Gasteiger partial charge >= 0.3 is 0 Å². The number of hydrogen-bond acceptors (Lipinski definition) is 4. The van der Waals surface area contributed by atoms with Crippen LogP contribution >= 0.6 is 0 Å². The number of guanidine groups is 1. The van der Waals surface area contributed by atoms with Gasteiger partial charge in [-0.3, -0.25) is 9.79 Å². The van der Waals surface area contributed by atoms with Gasteiger partial charge in [0.25, 0.3) is 5.91 Å². The van der Waals surface area contributed by atoms with Gasteiger partial charge in [0.05, 0.1) is 13.2 Å². The second-order valence-electron chi connectivity index (χ2n) is 6.58. The molecule has 2 rings (SSSR count). The molecular formula is C22H29FN4O3. The number of aliphatic imine (C=N–C) groups is 1. The van der Waals surface area contributed by atoms with E-state index in [1.54, 1.807) is 19.2 Å². The predicted molar refractivity (Wildman–Crippen MR) is 115 cm³/mol. The predicted octanol–water partition coefficient (Wildman–Crippen LogP) is 2.78. The highest BCUT2D eigenvalue weighted by Gasteiger charge is 2.11. The lowest BCUT2D eigenvalue weighted by atomic mass is 10.1. The SMILES string of the molecule is CCNC(=O)COc1cccc(CNC(=NC)NC(C)c2ccc(OC)c(F)c2)c1. The van der Waals surface area contributed by atoms with Crippen molar-refractivity contribution in [1.82, 2.24) is 16.0 Å². The molecule has 0 aliphatic carbocycles. The molecule has 0 spiro atoms. The van der Waals surface area contributed by atoms with E-state index in [-0.39, 0.29) is 24.3 Å². The first kappa shape index (κ1) is 23.0. The average Bonchev–Trinajstić information content (AvgIpc) is 2.75. The number of ether oxygens (including phenoxy) is 2. The molecule has 0 bridgehead atoms. The molecule has 0 aromatic heterocycles. The van der Waals surface area contributed by atoms with Crippen molar-refractivity contribution in [3.63, 3.8) is 0 Å². The highest BCUT2D eigenvalue weighted by Crippen LogP contribution is 2.21. The minimum atomic E-state index is -0.406. The van der Waals surface area contributed by atoms with Crippen LogP contribution in [0.25, 0.3) is 0 Å². The summed E-state index contributed by atoms with van der Waals surface area (Å²) in [7, 11) is 3.11. The van der Waals surface area contributed by atoms with Crippen molar-refractivity contribution in [2.24, 2.45) is 4.99 Å². The third-order valence-corrected chi connectivity index (χ3v) is 4.35. The molecule has 162 valence electrons. The van der Waals surface area contributed by atoms with E-state index in [9.17, 15) is 9.18 Å². The van der Waals surface area contributed by atoms with Crippen molar-refractivity contribution in [2.45, 2.75) is 26.4 Å². The lowest BCUT2D eigenvalue weighted by Gasteiger charge is -2.19. The topological polar surface area (TPSA) is 84.0 Å². The Morgan fingerprint density at radius 2 is 2.00 bits per heavy atom. The van der Waals surface area contributed by atoms with Crippen LogP contribution < -0.4 is 25.4 Å². The van der Waals surface area contributed by atoms with Crippen LogP contribution in [0, 0.1) is 5.82 Å². The normalized spacial score (nSPS) is 12.1. The van der Waals surface area contributed by atoms with Crippen molar-refractivity contribution < 1.29 is 18.7 Å². The maximum absolute atomic E-state index is 14.0. The Morgan fingerprint density at radius 3 is 2.67 bits per heavy atom. The summed E-state index contributed by atoms with van der Waals surface area (Å²) in [5.74, 6) is 0.839. The largest absolute Gasteiger partial charge is 0.494 e. The molecule has 3 N–H and O–H groups in total. The number of halogens is 1. The number of carbonyl (C=O) groups is 1. The molecule has 0 aliphatic heterocycles. The number of nitrogens with one attached hydrogen (secondary N) is 3. The number of nitrogens with zero attached hydrogens (tertiary/aromatic N) is 1. The number of rotatable bonds is 9. The number of likely N-dealkylation sites (N-methyl/N-ethyl adjacent to an activating group) is 1. The average molecular weight is 416 g/mol. The summed E-state index contributed by atoms with van der Waals surface area (Å²) < 4.78 is 24.4. The molecule has 0 heterocycles. The fraction of sp³-hybridized carbons (Fsp3) is 0.364.